The molecule has 3 rings (SSSR count). The molecule has 0 unspecified atom stereocenters. The van der Waals surface area contributed by atoms with Gasteiger partial charge in [0.25, 0.3) is 5.91 Å². The van der Waals surface area contributed by atoms with Crippen molar-refractivity contribution in [2.75, 3.05) is 10.6 Å². The van der Waals surface area contributed by atoms with E-state index in [-0.39, 0.29) is 11.6 Å². The van der Waals surface area contributed by atoms with Crippen molar-refractivity contribution < 1.29 is 4.79 Å². The molecular weight excluding hydrogens is 371 g/mol. The topological polar surface area (TPSA) is 66.9 Å². The number of aryl methyl sites for hydroxylation is 1. The van der Waals surface area contributed by atoms with Crippen molar-refractivity contribution in [2.24, 2.45) is 0 Å². The Balaban J connectivity index is 1.73. The molecule has 0 saturated carbocycles. The molecule has 0 spiro atoms. The highest BCUT2D eigenvalue weighted by Crippen LogP contribution is 2.17. The smallest absolute Gasteiger partial charge is 0.274 e. The molecule has 26 heavy (non-hydrogen) atoms. The number of hydrogen-bond donors (Lipinski definition) is 2. The number of nitrogens with zero attached hydrogens (tertiary/aromatic N) is 2. The Hall–Kier alpha value is -2.63. The minimum Gasteiger partial charge on any atom is -0.350 e. The van der Waals surface area contributed by atoms with Crippen molar-refractivity contribution in [3.8, 4) is 0 Å². The number of benzene rings is 2. The van der Waals surface area contributed by atoms with Gasteiger partial charge in [0.15, 0.2) is 0 Å². The van der Waals surface area contributed by atoms with E-state index in [1.807, 2.05) is 24.3 Å². The summed E-state index contributed by atoms with van der Waals surface area (Å²) in [6.07, 6.45) is 0. The van der Waals surface area contributed by atoms with Gasteiger partial charge in [-0.05, 0) is 48.9 Å². The summed E-state index contributed by atoms with van der Waals surface area (Å²) in [7, 11) is 0. The van der Waals surface area contributed by atoms with Crippen molar-refractivity contribution in [3.05, 3.63) is 81.6 Å². The molecule has 7 heteroatoms. The zero-order valence-electron chi connectivity index (χ0n) is 14.0. The number of halogens is 2. The molecule has 0 aliphatic rings. The zero-order valence-corrected chi connectivity index (χ0v) is 15.5. The molecule has 1 heterocycles. The average molecular weight is 387 g/mol. The first-order chi connectivity index (χ1) is 12.5. The predicted molar refractivity (Wildman–Crippen MR) is 105 cm³/mol. The van der Waals surface area contributed by atoms with Crippen LogP contribution in [0, 0.1) is 6.92 Å². The number of rotatable bonds is 5. The third-order valence-corrected chi connectivity index (χ3v) is 4.20. The molecule has 5 nitrogen and oxygen atoms in total. The molecule has 0 aliphatic carbocycles. The van der Waals surface area contributed by atoms with E-state index in [2.05, 4.69) is 20.6 Å². The Morgan fingerprint density at radius 2 is 1.77 bits per heavy atom. The largest absolute Gasteiger partial charge is 0.350 e. The molecule has 0 saturated heterocycles. The standard InChI is InChI=1S/C19H16Cl2N4O/c1-12-10-17(18(26)24-15-8-6-14(20)7-9-15)25-19(23-12)22-11-13-4-2-3-5-16(13)21/h2-10H,11H2,1H3,(H,24,26)(H,22,23,25). The van der Waals surface area contributed by atoms with Crippen LogP contribution >= 0.6 is 23.2 Å². The van der Waals surface area contributed by atoms with E-state index in [1.165, 1.54) is 0 Å². The fourth-order valence-electron chi connectivity index (χ4n) is 2.31. The van der Waals surface area contributed by atoms with E-state index in [0.717, 1.165) is 5.56 Å². The van der Waals surface area contributed by atoms with Gasteiger partial charge in [0.05, 0.1) is 0 Å². The van der Waals surface area contributed by atoms with Gasteiger partial charge in [0.1, 0.15) is 5.69 Å². The lowest BCUT2D eigenvalue weighted by atomic mass is 10.2. The number of carbonyl (C=O) groups is 1. The molecule has 132 valence electrons. The third-order valence-electron chi connectivity index (χ3n) is 3.58. The first kappa shape index (κ1) is 18.2. The highest BCUT2D eigenvalue weighted by atomic mass is 35.5. The number of carbonyl (C=O) groups excluding carboxylic acids is 1. The van der Waals surface area contributed by atoms with Gasteiger partial charge in [0.2, 0.25) is 5.95 Å². The van der Waals surface area contributed by atoms with Crippen LogP contribution in [-0.2, 0) is 6.54 Å². The first-order valence-electron chi connectivity index (χ1n) is 7.91. The SMILES string of the molecule is Cc1cc(C(=O)Nc2ccc(Cl)cc2)nc(NCc2ccccc2Cl)n1. The third kappa shape index (κ3) is 4.71. The predicted octanol–water partition coefficient (Wildman–Crippen LogP) is 4.96. The van der Waals surface area contributed by atoms with Crippen LogP contribution in [0.15, 0.2) is 54.6 Å². The van der Waals surface area contributed by atoms with Gasteiger partial charge in [-0.3, -0.25) is 4.79 Å². The Bertz CT molecular complexity index is 929. The first-order valence-corrected chi connectivity index (χ1v) is 8.67. The van der Waals surface area contributed by atoms with Gasteiger partial charge < -0.3 is 10.6 Å². The molecule has 2 N–H and O–H groups in total. The summed E-state index contributed by atoms with van der Waals surface area (Å²) in [5, 5.41) is 7.16. The average Bonchev–Trinajstić information content (AvgIpc) is 2.62. The summed E-state index contributed by atoms with van der Waals surface area (Å²) in [5.41, 5.74) is 2.52. The molecule has 2 aromatic carbocycles. The van der Waals surface area contributed by atoms with Crippen molar-refractivity contribution in [2.45, 2.75) is 13.5 Å². The summed E-state index contributed by atoms with van der Waals surface area (Å²) in [6.45, 7) is 2.27. The quantitative estimate of drug-likeness (QED) is 0.650. The number of hydrogen-bond acceptors (Lipinski definition) is 4. The van der Waals surface area contributed by atoms with E-state index in [4.69, 9.17) is 23.2 Å². The lowest BCUT2D eigenvalue weighted by molar-refractivity contribution is 0.102. The normalized spacial score (nSPS) is 10.4. The van der Waals surface area contributed by atoms with E-state index < -0.39 is 0 Å². The van der Waals surface area contributed by atoms with Gasteiger partial charge in [-0.1, -0.05) is 41.4 Å². The lowest BCUT2D eigenvalue weighted by Crippen LogP contribution is -2.16. The Morgan fingerprint density at radius 1 is 1.04 bits per heavy atom. The van der Waals surface area contributed by atoms with Gasteiger partial charge in [0, 0.05) is 28.0 Å². The maximum atomic E-state index is 12.4. The minimum absolute atomic E-state index is 0.272. The number of nitrogens with one attached hydrogen (secondary N) is 2. The summed E-state index contributed by atoms with van der Waals surface area (Å²) < 4.78 is 0. The van der Waals surface area contributed by atoms with Crippen LogP contribution in [0.4, 0.5) is 11.6 Å². The van der Waals surface area contributed by atoms with E-state index in [1.54, 1.807) is 37.3 Å². The zero-order chi connectivity index (χ0) is 18.5. The fourth-order valence-corrected chi connectivity index (χ4v) is 2.64. The van der Waals surface area contributed by atoms with E-state index >= 15 is 0 Å². The maximum Gasteiger partial charge on any atom is 0.274 e. The Labute approximate surface area is 161 Å². The van der Waals surface area contributed by atoms with Gasteiger partial charge >= 0.3 is 0 Å². The summed E-state index contributed by atoms with van der Waals surface area (Å²) >= 11 is 12.0. The second-order valence-electron chi connectivity index (χ2n) is 5.62. The summed E-state index contributed by atoms with van der Waals surface area (Å²) in [6, 6.07) is 16.0. The Morgan fingerprint density at radius 3 is 2.50 bits per heavy atom. The summed E-state index contributed by atoms with van der Waals surface area (Å²) in [5.74, 6) is 0.0461. The van der Waals surface area contributed by atoms with Crippen LogP contribution in [0.1, 0.15) is 21.7 Å². The van der Waals surface area contributed by atoms with Gasteiger partial charge in [-0.2, -0.15) is 0 Å². The van der Waals surface area contributed by atoms with E-state index in [9.17, 15) is 4.79 Å². The summed E-state index contributed by atoms with van der Waals surface area (Å²) in [4.78, 5) is 21.1. The number of anilines is 2. The fraction of sp³-hybridized carbons (Fsp3) is 0.105. The molecule has 1 aromatic heterocycles. The van der Waals surface area contributed by atoms with Gasteiger partial charge in [-0.25, -0.2) is 9.97 Å². The molecule has 1 amide bonds. The van der Waals surface area contributed by atoms with Crippen molar-refractivity contribution in [3.63, 3.8) is 0 Å². The molecular formula is C19H16Cl2N4O. The molecule has 0 fully saturated rings. The molecule has 0 aliphatic heterocycles. The molecule has 3 aromatic rings. The van der Waals surface area contributed by atoms with Crippen LogP contribution in [0.2, 0.25) is 10.0 Å². The second kappa shape index (κ2) is 8.17. The van der Waals surface area contributed by atoms with Crippen LogP contribution in [0.5, 0.6) is 0 Å². The molecule has 0 bridgehead atoms. The highest BCUT2D eigenvalue weighted by molar-refractivity contribution is 6.31. The van der Waals surface area contributed by atoms with Crippen molar-refractivity contribution in [1.82, 2.24) is 9.97 Å². The highest BCUT2D eigenvalue weighted by Gasteiger charge is 2.11. The number of amides is 1. The van der Waals surface area contributed by atoms with Crippen molar-refractivity contribution >= 4 is 40.7 Å². The van der Waals surface area contributed by atoms with Gasteiger partial charge in [-0.15, -0.1) is 0 Å². The monoisotopic (exact) mass is 386 g/mol. The molecule has 0 radical (unpaired) electrons. The van der Waals surface area contributed by atoms with E-state index in [0.29, 0.717) is 33.9 Å². The Kier molecular flexibility index (Phi) is 5.71. The number of aromatic nitrogens is 2. The van der Waals surface area contributed by atoms with Crippen LogP contribution in [-0.4, -0.2) is 15.9 Å². The maximum absolute atomic E-state index is 12.4. The van der Waals surface area contributed by atoms with Crippen molar-refractivity contribution in [1.29, 1.82) is 0 Å². The second-order valence-corrected chi connectivity index (χ2v) is 6.47. The lowest BCUT2D eigenvalue weighted by Gasteiger charge is -2.10. The van der Waals surface area contributed by atoms with Crippen LogP contribution < -0.4 is 10.6 Å². The molecule has 0 atom stereocenters. The van der Waals surface area contributed by atoms with Crippen LogP contribution in [0.25, 0.3) is 0 Å². The van der Waals surface area contributed by atoms with Crippen LogP contribution in [0.3, 0.4) is 0 Å². The minimum atomic E-state index is -0.321.